The van der Waals surface area contributed by atoms with Crippen LogP contribution in [-0.2, 0) is 0 Å². The van der Waals surface area contributed by atoms with Gasteiger partial charge >= 0.3 is 0 Å². The fourth-order valence-corrected chi connectivity index (χ4v) is 1.92. The average molecular weight is 281 g/mol. The number of nitrogens with two attached hydrogens (primary N) is 1. The van der Waals surface area contributed by atoms with Gasteiger partial charge in [-0.2, -0.15) is 0 Å². The van der Waals surface area contributed by atoms with Gasteiger partial charge in [0.05, 0.1) is 7.11 Å². The van der Waals surface area contributed by atoms with Crippen LogP contribution in [0.3, 0.4) is 0 Å². The van der Waals surface area contributed by atoms with Crippen LogP contribution in [0.4, 0.5) is 0 Å². The Bertz CT molecular complexity index is 639. The van der Waals surface area contributed by atoms with Crippen molar-refractivity contribution >= 4 is 0 Å². The van der Waals surface area contributed by atoms with Gasteiger partial charge in [0.25, 0.3) is 0 Å². The predicted molar refractivity (Wildman–Crippen MR) is 84.4 cm³/mol. The molecule has 108 valence electrons. The summed E-state index contributed by atoms with van der Waals surface area (Å²) < 4.78 is 10.9. The molecule has 0 fully saturated rings. The third-order valence-corrected chi connectivity index (χ3v) is 3.02. The number of hydrogen-bond acceptors (Lipinski definition) is 3. The SMILES string of the molecule is COc1ccc([C@@H](C)N)c(OCC#Cc2ccccc2)c1. The number of hydrogen-bond donors (Lipinski definition) is 1. The van der Waals surface area contributed by atoms with Crippen molar-refractivity contribution in [3.05, 3.63) is 59.7 Å². The van der Waals surface area contributed by atoms with Crippen molar-refractivity contribution in [3.8, 4) is 23.3 Å². The molecular weight excluding hydrogens is 262 g/mol. The molecule has 0 saturated carbocycles. The van der Waals surface area contributed by atoms with E-state index in [0.29, 0.717) is 12.4 Å². The van der Waals surface area contributed by atoms with Crippen LogP contribution in [0.5, 0.6) is 11.5 Å². The minimum Gasteiger partial charge on any atom is -0.497 e. The van der Waals surface area contributed by atoms with Gasteiger partial charge in [-0.05, 0) is 25.1 Å². The molecule has 0 aliphatic rings. The van der Waals surface area contributed by atoms with Gasteiger partial charge in [0.1, 0.15) is 18.1 Å². The zero-order valence-corrected chi connectivity index (χ0v) is 12.3. The minimum atomic E-state index is -0.104. The summed E-state index contributed by atoms with van der Waals surface area (Å²) in [7, 11) is 1.62. The second-order valence-electron chi connectivity index (χ2n) is 4.65. The number of methoxy groups -OCH3 is 1. The van der Waals surface area contributed by atoms with E-state index in [1.807, 2.05) is 55.5 Å². The molecule has 3 heteroatoms. The highest BCUT2D eigenvalue weighted by Gasteiger charge is 2.09. The van der Waals surface area contributed by atoms with Crippen molar-refractivity contribution in [1.82, 2.24) is 0 Å². The zero-order valence-electron chi connectivity index (χ0n) is 12.3. The molecule has 1 atom stereocenters. The Labute approximate surface area is 125 Å². The van der Waals surface area contributed by atoms with Crippen LogP contribution in [0.25, 0.3) is 0 Å². The van der Waals surface area contributed by atoms with Crippen molar-refractivity contribution in [3.63, 3.8) is 0 Å². The molecule has 0 aliphatic carbocycles. The molecule has 2 aromatic carbocycles. The molecule has 0 bridgehead atoms. The molecular formula is C18H19NO2. The molecule has 0 aromatic heterocycles. The summed E-state index contributed by atoms with van der Waals surface area (Å²) in [5.74, 6) is 7.51. The maximum atomic E-state index is 5.94. The Morgan fingerprint density at radius 3 is 2.57 bits per heavy atom. The Morgan fingerprint density at radius 1 is 1.14 bits per heavy atom. The predicted octanol–water partition coefficient (Wildman–Crippen LogP) is 3.15. The van der Waals surface area contributed by atoms with E-state index in [1.54, 1.807) is 7.11 Å². The molecule has 0 saturated heterocycles. The number of rotatable bonds is 4. The topological polar surface area (TPSA) is 44.5 Å². The van der Waals surface area contributed by atoms with Crippen molar-refractivity contribution < 1.29 is 9.47 Å². The van der Waals surface area contributed by atoms with Crippen LogP contribution in [0, 0.1) is 11.8 Å². The molecule has 2 aromatic rings. The van der Waals surface area contributed by atoms with Gasteiger partial charge in [-0.15, -0.1) is 0 Å². The molecule has 0 unspecified atom stereocenters. The zero-order chi connectivity index (χ0) is 15.1. The third-order valence-electron chi connectivity index (χ3n) is 3.02. The standard InChI is InChI=1S/C18H19NO2/c1-14(19)17-11-10-16(20-2)13-18(17)21-12-6-9-15-7-4-3-5-8-15/h3-5,7-8,10-11,13-14H,12,19H2,1-2H3/t14-/m1/s1. The van der Waals surface area contributed by atoms with E-state index in [9.17, 15) is 0 Å². The van der Waals surface area contributed by atoms with Crippen LogP contribution >= 0.6 is 0 Å². The van der Waals surface area contributed by atoms with Crippen molar-refractivity contribution in [1.29, 1.82) is 0 Å². The van der Waals surface area contributed by atoms with Crippen molar-refractivity contribution in [2.75, 3.05) is 13.7 Å². The van der Waals surface area contributed by atoms with Gasteiger partial charge in [-0.25, -0.2) is 0 Å². The Hall–Kier alpha value is -2.44. The van der Waals surface area contributed by atoms with Crippen LogP contribution in [0.1, 0.15) is 24.1 Å². The lowest BCUT2D eigenvalue weighted by atomic mass is 10.1. The maximum Gasteiger partial charge on any atom is 0.149 e. The minimum absolute atomic E-state index is 0.104. The van der Waals surface area contributed by atoms with E-state index in [0.717, 1.165) is 16.9 Å². The highest BCUT2D eigenvalue weighted by molar-refractivity contribution is 5.42. The van der Waals surface area contributed by atoms with Gasteiger partial charge in [-0.3, -0.25) is 0 Å². The first-order valence-corrected chi connectivity index (χ1v) is 6.81. The molecule has 0 radical (unpaired) electrons. The van der Waals surface area contributed by atoms with E-state index in [2.05, 4.69) is 11.8 Å². The van der Waals surface area contributed by atoms with Gasteiger partial charge in [-0.1, -0.05) is 36.1 Å². The highest BCUT2D eigenvalue weighted by Crippen LogP contribution is 2.28. The molecule has 2 N–H and O–H groups in total. The Morgan fingerprint density at radius 2 is 1.90 bits per heavy atom. The second kappa shape index (κ2) is 7.37. The third kappa shape index (κ3) is 4.27. The molecule has 21 heavy (non-hydrogen) atoms. The molecule has 0 spiro atoms. The summed E-state index contributed by atoms with van der Waals surface area (Å²) in [6.45, 7) is 2.23. The maximum absolute atomic E-state index is 5.94. The summed E-state index contributed by atoms with van der Waals surface area (Å²) in [4.78, 5) is 0. The average Bonchev–Trinajstić information content (AvgIpc) is 2.52. The van der Waals surface area contributed by atoms with Gasteiger partial charge in [0, 0.05) is 23.2 Å². The van der Waals surface area contributed by atoms with Crippen LogP contribution in [-0.4, -0.2) is 13.7 Å². The van der Waals surface area contributed by atoms with E-state index in [-0.39, 0.29) is 6.04 Å². The van der Waals surface area contributed by atoms with Gasteiger partial charge in [0.15, 0.2) is 0 Å². The molecule has 0 heterocycles. The van der Waals surface area contributed by atoms with Gasteiger partial charge in [0.2, 0.25) is 0 Å². The first-order chi connectivity index (χ1) is 10.2. The molecule has 3 nitrogen and oxygen atoms in total. The molecule has 2 rings (SSSR count). The number of ether oxygens (including phenoxy) is 2. The largest absolute Gasteiger partial charge is 0.497 e. The lowest BCUT2D eigenvalue weighted by Crippen LogP contribution is -2.08. The quantitative estimate of drug-likeness (QED) is 0.876. The Balaban J connectivity index is 2.07. The Kier molecular flexibility index (Phi) is 5.25. The van der Waals surface area contributed by atoms with E-state index in [1.165, 1.54) is 0 Å². The summed E-state index contributed by atoms with van der Waals surface area (Å²) in [6.07, 6.45) is 0. The first kappa shape index (κ1) is 15.0. The van der Waals surface area contributed by atoms with E-state index < -0.39 is 0 Å². The van der Waals surface area contributed by atoms with Gasteiger partial charge < -0.3 is 15.2 Å². The van der Waals surface area contributed by atoms with Crippen molar-refractivity contribution in [2.45, 2.75) is 13.0 Å². The van der Waals surface area contributed by atoms with Crippen LogP contribution in [0.15, 0.2) is 48.5 Å². The number of benzene rings is 2. The lowest BCUT2D eigenvalue weighted by Gasteiger charge is -2.13. The molecule has 0 aliphatic heterocycles. The van der Waals surface area contributed by atoms with E-state index in [4.69, 9.17) is 15.2 Å². The highest BCUT2D eigenvalue weighted by atomic mass is 16.5. The summed E-state index contributed by atoms with van der Waals surface area (Å²) >= 11 is 0. The first-order valence-electron chi connectivity index (χ1n) is 6.81. The smallest absolute Gasteiger partial charge is 0.149 e. The monoisotopic (exact) mass is 281 g/mol. The lowest BCUT2D eigenvalue weighted by molar-refractivity contribution is 0.357. The second-order valence-corrected chi connectivity index (χ2v) is 4.65. The summed E-state index contributed by atoms with van der Waals surface area (Å²) in [6, 6.07) is 15.3. The van der Waals surface area contributed by atoms with E-state index >= 15 is 0 Å². The van der Waals surface area contributed by atoms with Crippen LogP contribution < -0.4 is 15.2 Å². The fraction of sp³-hybridized carbons (Fsp3) is 0.222. The summed E-state index contributed by atoms with van der Waals surface area (Å²) in [5.41, 5.74) is 7.86. The fourth-order valence-electron chi connectivity index (χ4n) is 1.92. The van der Waals surface area contributed by atoms with Crippen LogP contribution in [0.2, 0.25) is 0 Å². The normalized spacial score (nSPS) is 11.2. The molecule has 0 amide bonds. The summed E-state index contributed by atoms with van der Waals surface area (Å²) in [5, 5.41) is 0. The van der Waals surface area contributed by atoms with Crippen molar-refractivity contribution in [2.24, 2.45) is 5.73 Å².